The molecule has 2 amide bonds. The third-order valence-corrected chi connectivity index (χ3v) is 5.96. The number of aromatic nitrogens is 2. The fourth-order valence-electron chi connectivity index (χ4n) is 3.73. The largest absolute Gasteiger partial charge is 0.453 e. The Kier molecular flexibility index (Phi) is 8.22. The van der Waals surface area contributed by atoms with Crippen molar-refractivity contribution in [2.45, 2.75) is 52.3 Å². The zero-order valence-electron chi connectivity index (χ0n) is 20.8. The predicted molar refractivity (Wildman–Crippen MR) is 134 cm³/mol. The highest BCUT2D eigenvalue weighted by Crippen LogP contribution is 2.29. The summed E-state index contributed by atoms with van der Waals surface area (Å²) in [6.07, 6.45) is 0.351. The summed E-state index contributed by atoms with van der Waals surface area (Å²) >= 11 is 3.43. The molecule has 0 saturated carbocycles. The molecule has 11 heteroatoms. The summed E-state index contributed by atoms with van der Waals surface area (Å²) in [5.41, 5.74) is 0.672. The maximum absolute atomic E-state index is 13.5. The molecule has 35 heavy (non-hydrogen) atoms. The molecule has 2 N–H and O–H groups in total. The Hall–Kier alpha value is -2.92. The maximum Gasteiger partial charge on any atom is 0.420 e. The van der Waals surface area contributed by atoms with Gasteiger partial charge in [0.2, 0.25) is 5.91 Å². The Balaban J connectivity index is 2.01. The van der Waals surface area contributed by atoms with Crippen molar-refractivity contribution in [3.8, 4) is 11.3 Å². The highest BCUT2D eigenvalue weighted by atomic mass is 79.9. The molecule has 1 aromatic heterocycles. The first-order chi connectivity index (χ1) is 16.4. The molecule has 2 aromatic rings. The molecule has 1 aliphatic rings. The molecule has 0 aliphatic carbocycles. The molecule has 3 rings (SSSR count). The third kappa shape index (κ3) is 6.40. The van der Waals surface area contributed by atoms with Crippen LogP contribution >= 0.6 is 15.9 Å². The van der Waals surface area contributed by atoms with E-state index in [0.29, 0.717) is 18.1 Å². The van der Waals surface area contributed by atoms with Crippen molar-refractivity contribution < 1.29 is 23.9 Å². The van der Waals surface area contributed by atoms with Gasteiger partial charge in [-0.1, -0.05) is 41.9 Å². The molecule has 0 bridgehead atoms. The number of nitrogens with zero attached hydrogens (tertiary/aromatic N) is 3. The number of nitrogens with one attached hydrogen (secondary N) is 2. The zero-order chi connectivity index (χ0) is 25.9. The van der Waals surface area contributed by atoms with Crippen molar-refractivity contribution >= 4 is 34.0 Å². The van der Waals surface area contributed by atoms with E-state index in [1.165, 1.54) is 11.7 Å². The number of rotatable bonds is 5. The quantitative estimate of drug-likeness (QED) is 0.580. The predicted octanol–water partition coefficient (Wildman–Crippen LogP) is 3.91. The lowest BCUT2D eigenvalue weighted by atomic mass is 10.0. The topological polar surface area (TPSA) is 115 Å². The summed E-state index contributed by atoms with van der Waals surface area (Å²) in [6.45, 7) is 9.66. The van der Waals surface area contributed by atoms with Gasteiger partial charge in [-0.05, 0) is 38.8 Å². The van der Waals surface area contributed by atoms with Gasteiger partial charge >= 0.3 is 12.2 Å². The normalized spacial score (nSPS) is 16.8. The Bertz CT molecular complexity index is 1080. The second kappa shape index (κ2) is 10.8. The Morgan fingerprint density at radius 3 is 2.43 bits per heavy atom. The summed E-state index contributed by atoms with van der Waals surface area (Å²) in [4.78, 5) is 44.8. The van der Waals surface area contributed by atoms with Crippen LogP contribution in [-0.2, 0) is 14.3 Å². The van der Waals surface area contributed by atoms with E-state index in [1.807, 2.05) is 38.1 Å². The van der Waals surface area contributed by atoms with Crippen molar-refractivity contribution in [1.82, 2.24) is 25.1 Å². The molecular weight excluding hydrogens is 518 g/mol. The minimum atomic E-state index is -0.805. The number of alkyl carbamates (subject to hydrolysis) is 1. The number of methoxy groups -OCH3 is 1. The fourth-order valence-corrected chi connectivity index (χ4v) is 3.99. The number of amides is 2. The number of carbonyl (C=O) groups excluding carboxylic acids is 3. The van der Waals surface area contributed by atoms with E-state index in [1.54, 1.807) is 31.9 Å². The summed E-state index contributed by atoms with van der Waals surface area (Å²) in [7, 11) is 1.25. The van der Waals surface area contributed by atoms with Gasteiger partial charge < -0.3 is 19.7 Å². The lowest BCUT2D eigenvalue weighted by Crippen LogP contribution is -2.51. The second-order valence-electron chi connectivity index (χ2n) is 9.64. The average molecular weight is 550 g/mol. The average Bonchev–Trinajstić information content (AvgIpc) is 3.43. The number of carbonyl (C=O) groups is 3. The molecule has 2 atom stereocenters. The van der Waals surface area contributed by atoms with Gasteiger partial charge in [0.15, 0.2) is 0 Å². The lowest BCUT2D eigenvalue weighted by molar-refractivity contribution is -0.135. The van der Waals surface area contributed by atoms with Crippen LogP contribution in [0.4, 0.5) is 9.59 Å². The van der Waals surface area contributed by atoms with Gasteiger partial charge in [-0.25, -0.2) is 19.1 Å². The van der Waals surface area contributed by atoms with Crippen LogP contribution in [0.25, 0.3) is 11.3 Å². The van der Waals surface area contributed by atoms with E-state index in [-0.39, 0.29) is 18.5 Å². The van der Waals surface area contributed by atoms with Crippen LogP contribution in [0.15, 0.2) is 34.9 Å². The number of hydrogen-bond donors (Lipinski definition) is 2. The van der Waals surface area contributed by atoms with Gasteiger partial charge in [0.05, 0.1) is 19.5 Å². The summed E-state index contributed by atoms with van der Waals surface area (Å²) in [5, 5.41) is 5.80. The Labute approximate surface area is 213 Å². The van der Waals surface area contributed by atoms with E-state index in [2.05, 4.69) is 26.6 Å². The molecule has 1 fully saturated rings. The fraction of sp³-hybridized carbons (Fsp3) is 0.500. The van der Waals surface area contributed by atoms with E-state index in [4.69, 9.17) is 14.5 Å². The molecule has 10 nitrogen and oxygen atoms in total. The van der Waals surface area contributed by atoms with Crippen LogP contribution in [0.1, 0.15) is 46.5 Å². The van der Waals surface area contributed by atoms with Crippen LogP contribution in [0.5, 0.6) is 0 Å². The van der Waals surface area contributed by atoms with E-state index >= 15 is 0 Å². The summed E-state index contributed by atoms with van der Waals surface area (Å²) in [6, 6.07) is 6.20. The van der Waals surface area contributed by atoms with E-state index in [0.717, 1.165) is 10.0 Å². The van der Waals surface area contributed by atoms with Crippen molar-refractivity contribution in [2.24, 2.45) is 5.92 Å². The minimum Gasteiger partial charge on any atom is -0.453 e. The van der Waals surface area contributed by atoms with E-state index in [9.17, 15) is 14.4 Å². The first kappa shape index (κ1) is 26.7. The molecular formula is C24H32BrN5O5. The number of benzene rings is 1. The van der Waals surface area contributed by atoms with Crippen LogP contribution < -0.4 is 10.6 Å². The highest BCUT2D eigenvalue weighted by molar-refractivity contribution is 9.10. The summed E-state index contributed by atoms with van der Waals surface area (Å²) in [5.74, 6) is -0.118. The SMILES string of the molecule is COC(=O)NC(C(=O)N1CNCC1c1nc(-c2ccc(Br)cc2)cn1C(=O)OC(C)(C)C)C(C)C. The van der Waals surface area contributed by atoms with Gasteiger partial charge in [-0.2, -0.15) is 0 Å². The molecule has 2 unspecified atom stereocenters. The molecule has 0 spiro atoms. The number of halogens is 1. The van der Waals surface area contributed by atoms with Gasteiger partial charge in [0.25, 0.3) is 0 Å². The summed E-state index contributed by atoms with van der Waals surface area (Å²) < 4.78 is 12.6. The zero-order valence-corrected chi connectivity index (χ0v) is 22.4. The Morgan fingerprint density at radius 2 is 1.86 bits per heavy atom. The standard InChI is InChI=1S/C24H32BrN5O5/c1-14(2)19(28-22(32)34-6)21(31)30-13-26-11-18(30)20-27-17(15-7-9-16(25)10-8-15)12-29(20)23(33)35-24(3,4)5/h7-10,12,14,18-19,26H,11,13H2,1-6H3,(H,28,32). The lowest BCUT2D eigenvalue weighted by Gasteiger charge is -2.30. The van der Waals surface area contributed by atoms with Crippen LogP contribution in [-0.4, -0.2) is 64.5 Å². The molecule has 1 aliphatic heterocycles. The Morgan fingerprint density at radius 1 is 1.20 bits per heavy atom. The van der Waals surface area contributed by atoms with Crippen molar-refractivity contribution in [3.05, 3.63) is 40.8 Å². The molecule has 0 radical (unpaired) electrons. The maximum atomic E-state index is 13.5. The number of imidazole rings is 1. The van der Waals surface area contributed by atoms with Gasteiger partial charge in [0, 0.05) is 22.8 Å². The van der Waals surface area contributed by atoms with Crippen LogP contribution in [0, 0.1) is 5.92 Å². The van der Waals surface area contributed by atoms with Crippen molar-refractivity contribution in [1.29, 1.82) is 0 Å². The van der Waals surface area contributed by atoms with Crippen LogP contribution in [0.2, 0.25) is 0 Å². The first-order valence-electron chi connectivity index (χ1n) is 11.4. The van der Waals surface area contributed by atoms with E-state index < -0.39 is 29.9 Å². The second-order valence-corrected chi connectivity index (χ2v) is 10.6. The van der Waals surface area contributed by atoms with Gasteiger partial charge in [-0.15, -0.1) is 0 Å². The van der Waals surface area contributed by atoms with Crippen molar-refractivity contribution in [2.75, 3.05) is 20.3 Å². The monoisotopic (exact) mass is 549 g/mol. The number of hydrogen-bond acceptors (Lipinski definition) is 7. The molecule has 1 aromatic carbocycles. The molecule has 2 heterocycles. The van der Waals surface area contributed by atoms with Crippen molar-refractivity contribution in [3.63, 3.8) is 0 Å². The highest BCUT2D eigenvalue weighted by Gasteiger charge is 2.39. The van der Waals surface area contributed by atoms with Gasteiger partial charge in [-0.3, -0.25) is 10.1 Å². The smallest absolute Gasteiger partial charge is 0.420 e. The third-order valence-electron chi connectivity index (χ3n) is 5.43. The molecule has 190 valence electrons. The van der Waals surface area contributed by atoms with Gasteiger partial charge in [0.1, 0.15) is 23.5 Å². The first-order valence-corrected chi connectivity index (χ1v) is 12.1. The van der Waals surface area contributed by atoms with Crippen LogP contribution in [0.3, 0.4) is 0 Å². The number of ether oxygens (including phenoxy) is 2. The minimum absolute atomic E-state index is 0.188. The molecule has 1 saturated heterocycles.